The van der Waals surface area contributed by atoms with Crippen molar-refractivity contribution in [2.45, 2.75) is 12.6 Å². The zero-order chi connectivity index (χ0) is 17.9. The summed E-state index contributed by atoms with van der Waals surface area (Å²) in [4.78, 5) is 16.5. The predicted molar refractivity (Wildman–Crippen MR) is 89.2 cm³/mol. The average molecular weight is 344 g/mol. The molecule has 0 aliphatic carbocycles. The highest BCUT2D eigenvalue weighted by molar-refractivity contribution is 5.94. The van der Waals surface area contributed by atoms with Crippen LogP contribution in [-0.2, 0) is 12.6 Å². The van der Waals surface area contributed by atoms with Gasteiger partial charge in [0.1, 0.15) is 0 Å². The third-order valence-corrected chi connectivity index (χ3v) is 3.77. The second kappa shape index (κ2) is 6.93. The van der Waals surface area contributed by atoms with E-state index in [-0.39, 0.29) is 5.56 Å². The Morgan fingerprint density at radius 2 is 1.80 bits per heavy atom. The number of nitrogens with one attached hydrogen (secondary N) is 1. The summed E-state index contributed by atoms with van der Waals surface area (Å²) in [5.41, 5.74) is 0.824. The van der Waals surface area contributed by atoms with Gasteiger partial charge in [-0.3, -0.25) is 9.78 Å². The zero-order valence-electron chi connectivity index (χ0n) is 13.2. The predicted octanol–water partition coefficient (Wildman–Crippen LogP) is 4.23. The summed E-state index contributed by atoms with van der Waals surface area (Å²) in [6, 6.07) is 15.9. The Kier molecular flexibility index (Phi) is 4.70. The number of fused-ring (bicyclic) bond motifs is 1. The molecule has 0 atom stereocenters. The maximum absolute atomic E-state index is 12.7. The van der Waals surface area contributed by atoms with E-state index in [0.717, 1.165) is 28.7 Å². The lowest BCUT2D eigenvalue weighted by Gasteiger charge is -2.09. The van der Waals surface area contributed by atoms with Gasteiger partial charge in [-0.1, -0.05) is 30.3 Å². The molecule has 2 aromatic carbocycles. The summed E-state index contributed by atoms with van der Waals surface area (Å²) in [6.45, 7) is 0.292. The molecule has 0 bridgehead atoms. The lowest BCUT2D eigenvalue weighted by atomic mass is 10.1. The number of carbonyl (C=O) groups excluding carboxylic acids is 1. The smallest absolute Gasteiger partial charge is 0.352 e. The topological polar surface area (TPSA) is 42.0 Å². The van der Waals surface area contributed by atoms with Gasteiger partial charge >= 0.3 is 6.18 Å². The van der Waals surface area contributed by atoms with Crippen LogP contribution in [0.25, 0.3) is 10.9 Å². The second-order valence-corrected chi connectivity index (χ2v) is 5.58. The highest BCUT2D eigenvalue weighted by Crippen LogP contribution is 2.29. The van der Waals surface area contributed by atoms with Gasteiger partial charge in [-0.2, -0.15) is 13.2 Å². The number of nitrogens with zero attached hydrogens (tertiary/aromatic N) is 1. The van der Waals surface area contributed by atoms with Gasteiger partial charge in [0, 0.05) is 29.6 Å². The number of hydrogen-bond donors (Lipinski definition) is 1. The van der Waals surface area contributed by atoms with Gasteiger partial charge in [0.05, 0.1) is 11.1 Å². The van der Waals surface area contributed by atoms with Crippen molar-refractivity contribution in [1.29, 1.82) is 0 Å². The molecule has 3 rings (SSSR count). The minimum atomic E-state index is -4.47. The Labute approximate surface area is 142 Å². The molecule has 0 unspecified atom stereocenters. The van der Waals surface area contributed by atoms with Crippen LogP contribution < -0.4 is 5.32 Å². The molecule has 3 aromatic rings. The summed E-state index contributed by atoms with van der Waals surface area (Å²) in [5, 5.41) is 3.65. The molecule has 6 heteroatoms. The molecule has 0 fully saturated rings. The van der Waals surface area contributed by atoms with Gasteiger partial charge < -0.3 is 5.32 Å². The largest absolute Gasteiger partial charge is 0.416 e. The van der Waals surface area contributed by atoms with Crippen molar-refractivity contribution in [3.05, 3.63) is 77.5 Å². The van der Waals surface area contributed by atoms with Crippen LogP contribution in [0, 0.1) is 0 Å². The van der Waals surface area contributed by atoms with Gasteiger partial charge in [0.2, 0.25) is 0 Å². The molecule has 1 heterocycles. The number of hydrogen-bond acceptors (Lipinski definition) is 2. The fraction of sp³-hybridized carbons (Fsp3) is 0.158. The summed E-state index contributed by atoms with van der Waals surface area (Å²) < 4.78 is 38.1. The zero-order valence-corrected chi connectivity index (χ0v) is 13.2. The number of benzene rings is 2. The van der Waals surface area contributed by atoms with Crippen LogP contribution in [0.1, 0.15) is 21.6 Å². The quantitative estimate of drug-likeness (QED) is 0.770. The van der Waals surface area contributed by atoms with Crippen molar-refractivity contribution in [2.75, 3.05) is 6.54 Å². The SMILES string of the molecule is O=C(NCCc1ccc2ccccc2n1)c1cccc(C(F)(F)F)c1. The van der Waals surface area contributed by atoms with Crippen molar-refractivity contribution in [1.82, 2.24) is 10.3 Å². The highest BCUT2D eigenvalue weighted by atomic mass is 19.4. The molecule has 0 saturated heterocycles. The van der Waals surface area contributed by atoms with Crippen LogP contribution in [0.15, 0.2) is 60.7 Å². The molecule has 1 amide bonds. The van der Waals surface area contributed by atoms with Crippen LogP contribution >= 0.6 is 0 Å². The van der Waals surface area contributed by atoms with E-state index in [0.29, 0.717) is 13.0 Å². The lowest BCUT2D eigenvalue weighted by molar-refractivity contribution is -0.137. The Balaban J connectivity index is 1.62. The van der Waals surface area contributed by atoms with Crippen LogP contribution in [0.3, 0.4) is 0 Å². The normalized spacial score (nSPS) is 11.5. The van der Waals surface area contributed by atoms with E-state index >= 15 is 0 Å². The van der Waals surface area contributed by atoms with E-state index in [4.69, 9.17) is 0 Å². The van der Waals surface area contributed by atoms with E-state index < -0.39 is 17.6 Å². The van der Waals surface area contributed by atoms with Crippen molar-refractivity contribution in [3.8, 4) is 0 Å². The van der Waals surface area contributed by atoms with Gasteiger partial charge in [-0.05, 0) is 30.3 Å². The number of para-hydroxylation sites is 1. The number of alkyl halides is 3. The maximum Gasteiger partial charge on any atom is 0.416 e. The molecule has 0 spiro atoms. The molecule has 1 N–H and O–H groups in total. The molecular formula is C19H15F3N2O. The summed E-state index contributed by atoms with van der Waals surface area (Å²) in [5.74, 6) is -0.535. The average Bonchev–Trinajstić information content (AvgIpc) is 2.61. The van der Waals surface area contributed by atoms with Crippen molar-refractivity contribution < 1.29 is 18.0 Å². The monoisotopic (exact) mass is 344 g/mol. The number of rotatable bonds is 4. The van der Waals surface area contributed by atoms with E-state index in [1.165, 1.54) is 12.1 Å². The highest BCUT2D eigenvalue weighted by Gasteiger charge is 2.30. The molecule has 25 heavy (non-hydrogen) atoms. The Hall–Kier alpha value is -2.89. The summed E-state index contributed by atoms with van der Waals surface area (Å²) >= 11 is 0. The number of aromatic nitrogens is 1. The van der Waals surface area contributed by atoms with Crippen LogP contribution in [0.2, 0.25) is 0 Å². The van der Waals surface area contributed by atoms with Crippen molar-refractivity contribution >= 4 is 16.8 Å². The van der Waals surface area contributed by atoms with E-state index in [9.17, 15) is 18.0 Å². The van der Waals surface area contributed by atoms with Crippen molar-refractivity contribution in [3.63, 3.8) is 0 Å². The van der Waals surface area contributed by atoms with Gasteiger partial charge in [0.15, 0.2) is 0 Å². The van der Waals surface area contributed by atoms with Gasteiger partial charge in [0.25, 0.3) is 5.91 Å². The van der Waals surface area contributed by atoms with Crippen molar-refractivity contribution in [2.24, 2.45) is 0 Å². The Bertz CT molecular complexity index is 906. The number of carbonyl (C=O) groups is 1. The summed E-state index contributed by atoms with van der Waals surface area (Å²) in [7, 11) is 0. The van der Waals surface area contributed by atoms with Crippen LogP contribution in [0.5, 0.6) is 0 Å². The first-order valence-corrected chi connectivity index (χ1v) is 7.73. The second-order valence-electron chi connectivity index (χ2n) is 5.58. The fourth-order valence-electron chi connectivity index (χ4n) is 2.49. The molecule has 0 saturated carbocycles. The minimum absolute atomic E-state index is 0.0127. The molecule has 0 aliphatic heterocycles. The van der Waals surface area contributed by atoms with E-state index in [1.54, 1.807) is 0 Å². The number of halogens is 3. The number of amides is 1. The van der Waals surface area contributed by atoms with Crippen LogP contribution in [0.4, 0.5) is 13.2 Å². The van der Waals surface area contributed by atoms with Gasteiger partial charge in [-0.25, -0.2) is 0 Å². The molecule has 3 nitrogen and oxygen atoms in total. The molecule has 0 radical (unpaired) electrons. The Morgan fingerprint density at radius 1 is 1.00 bits per heavy atom. The third kappa shape index (κ3) is 4.15. The first kappa shape index (κ1) is 17.0. The van der Waals surface area contributed by atoms with E-state index in [1.807, 2.05) is 36.4 Å². The first-order chi connectivity index (χ1) is 11.9. The van der Waals surface area contributed by atoms with Crippen LogP contribution in [-0.4, -0.2) is 17.4 Å². The first-order valence-electron chi connectivity index (χ1n) is 7.73. The van der Waals surface area contributed by atoms with Gasteiger partial charge in [-0.15, -0.1) is 0 Å². The fourth-order valence-corrected chi connectivity index (χ4v) is 2.49. The molecular weight excluding hydrogens is 329 g/mol. The van der Waals surface area contributed by atoms with E-state index in [2.05, 4.69) is 10.3 Å². The maximum atomic E-state index is 12.7. The molecule has 1 aromatic heterocycles. The lowest BCUT2D eigenvalue weighted by Crippen LogP contribution is -2.26. The minimum Gasteiger partial charge on any atom is -0.352 e. The number of pyridine rings is 1. The molecule has 0 aliphatic rings. The summed E-state index contributed by atoms with van der Waals surface area (Å²) in [6.07, 6.45) is -3.97. The standard InChI is InChI=1S/C19H15F3N2O/c20-19(21,22)15-6-3-5-14(12-15)18(25)23-11-10-16-9-8-13-4-1-2-7-17(13)24-16/h1-9,12H,10-11H2,(H,23,25). The Morgan fingerprint density at radius 3 is 2.60 bits per heavy atom. The molecule has 128 valence electrons. The third-order valence-electron chi connectivity index (χ3n) is 3.77.